The van der Waals surface area contributed by atoms with Gasteiger partial charge in [-0.05, 0) is 30.5 Å². The molecule has 1 aliphatic rings. The molecule has 1 saturated carbocycles. The number of benzene rings is 1. The first-order valence-electron chi connectivity index (χ1n) is 8.53. The molecule has 0 radical (unpaired) electrons. The highest BCUT2D eigenvalue weighted by molar-refractivity contribution is 7.11. The van der Waals surface area contributed by atoms with Crippen molar-refractivity contribution in [3.8, 4) is 0 Å². The molecule has 5 nitrogen and oxygen atoms in total. The lowest BCUT2D eigenvalue weighted by Gasteiger charge is -2.09. The quantitative estimate of drug-likeness (QED) is 0.807. The number of thiazole rings is 1. The molecule has 1 aliphatic carbocycles. The molecule has 27 heavy (non-hydrogen) atoms. The summed E-state index contributed by atoms with van der Waals surface area (Å²) in [6.07, 6.45) is -0.284. The van der Waals surface area contributed by atoms with E-state index in [0.717, 1.165) is 49.2 Å². The lowest BCUT2D eigenvalue weighted by atomic mass is 10.1. The minimum absolute atomic E-state index is 0.0676. The summed E-state index contributed by atoms with van der Waals surface area (Å²) in [5.41, 5.74) is -0.0933. The predicted molar refractivity (Wildman–Crippen MR) is 94.5 cm³/mol. The fraction of sp³-hybridized carbons (Fsp3) is 0.389. The first-order chi connectivity index (χ1) is 12.8. The van der Waals surface area contributed by atoms with Crippen molar-refractivity contribution in [1.82, 2.24) is 15.6 Å². The molecule has 0 saturated heterocycles. The third kappa shape index (κ3) is 5.06. The largest absolute Gasteiger partial charge is 0.416 e. The monoisotopic (exact) mass is 397 g/mol. The molecule has 1 aromatic carbocycles. The van der Waals surface area contributed by atoms with Crippen LogP contribution in [0.1, 0.15) is 57.1 Å². The van der Waals surface area contributed by atoms with Gasteiger partial charge in [-0.3, -0.25) is 9.59 Å². The van der Waals surface area contributed by atoms with Crippen molar-refractivity contribution in [2.24, 2.45) is 0 Å². The number of hydrogen-bond acceptors (Lipinski definition) is 4. The van der Waals surface area contributed by atoms with Gasteiger partial charge in [0.25, 0.3) is 11.8 Å². The summed E-state index contributed by atoms with van der Waals surface area (Å²) in [6, 6.07) is 4.72. The highest BCUT2D eigenvalue weighted by Gasteiger charge is 2.30. The summed E-state index contributed by atoms with van der Waals surface area (Å²) in [6.45, 7) is 0.0676. The average Bonchev–Trinajstić information content (AvgIpc) is 3.31. The first-order valence-corrected chi connectivity index (χ1v) is 9.41. The third-order valence-corrected chi connectivity index (χ3v) is 5.20. The highest BCUT2D eigenvalue weighted by atomic mass is 32.1. The topological polar surface area (TPSA) is 71.1 Å². The standard InChI is InChI=1S/C18H18F3N3O2S/c19-18(20,21)12-7-5-11(6-8-12)9-22-15(25)14-10-27-17(24-14)16(26)23-13-3-1-2-4-13/h5-8,10,13H,1-4,9H2,(H,22,25)(H,23,26). The van der Waals surface area contributed by atoms with Gasteiger partial charge in [0.2, 0.25) is 0 Å². The van der Waals surface area contributed by atoms with Gasteiger partial charge in [0.1, 0.15) is 5.69 Å². The average molecular weight is 397 g/mol. The number of hydrogen-bond donors (Lipinski definition) is 2. The van der Waals surface area contributed by atoms with E-state index in [1.807, 2.05) is 0 Å². The molecular weight excluding hydrogens is 379 g/mol. The van der Waals surface area contributed by atoms with Gasteiger partial charge in [-0.2, -0.15) is 13.2 Å². The van der Waals surface area contributed by atoms with Gasteiger partial charge in [-0.1, -0.05) is 25.0 Å². The van der Waals surface area contributed by atoms with E-state index in [1.54, 1.807) is 0 Å². The second-order valence-corrected chi connectivity index (χ2v) is 7.23. The SMILES string of the molecule is O=C(NCc1ccc(C(F)(F)F)cc1)c1csc(C(=O)NC2CCCC2)n1. The van der Waals surface area contributed by atoms with E-state index >= 15 is 0 Å². The van der Waals surface area contributed by atoms with Crippen LogP contribution >= 0.6 is 11.3 Å². The Hall–Kier alpha value is -2.42. The van der Waals surface area contributed by atoms with Crippen molar-refractivity contribution < 1.29 is 22.8 Å². The van der Waals surface area contributed by atoms with Crippen molar-refractivity contribution >= 4 is 23.2 Å². The van der Waals surface area contributed by atoms with Crippen LogP contribution in [-0.2, 0) is 12.7 Å². The van der Waals surface area contributed by atoms with Crippen LogP contribution in [0.2, 0.25) is 0 Å². The Balaban J connectivity index is 1.54. The van der Waals surface area contributed by atoms with Crippen molar-refractivity contribution in [2.75, 3.05) is 0 Å². The second-order valence-electron chi connectivity index (χ2n) is 6.37. The Kier molecular flexibility index (Phi) is 5.79. The molecule has 9 heteroatoms. The Morgan fingerprint density at radius 3 is 2.41 bits per heavy atom. The molecule has 2 aromatic rings. The number of aromatic nitrogens is 1. The van der Waals surface area contributed by atoms with Gasteiger partial charge in [0.05, 0.1) is 5.56 Å². The van der Waals surface area contributed by atoms with Crippen LogP contribution in [0, 0.1) is 0 Å². The molecule has 144 valence electrons. The number of amides is 2. The van der Waals surface area contributed by atoms with Crippen LogP contribution in [0.15, 0.2) is 29.6 Å². The minimum atomic E-state index is -4.39. The maximum absolute atomic E-state index is 12.5. The Labute approximate surface area is 158 Å². The lowest BCUT2D eigenvalue weighted by molar-refractivity contribution is -0.137. The smallest absolute Gasteiger partial charge is 0.347 e. The number of carbonyl (C=O) groups is 2. The number of nitrogens with zero attached hydrogens (tertiary/aromatic N) is 1. The molecule has 0 bridgehead atoms. The van der Waals surface area contributed by atoms with Crippen molar-refractivity contribution in [3.05, 3.63) is 51.5 Å². The zero-order valence-corrected chi connectivity index (χ0v) is 15.1. The van der Waals surface area contributed by atoms with Crippen LogP contribution in [0.5, 0.6) is 0 Å². The van der Waals surface area contributed by atoms with E-state index < -0.39 is 17.6 Å². The van der Waals surface area contributed by atoms with Crippen molar-refractivity contribution in [2.45, 2.75) is 44.4 Å². The van der Waals surface area contributed by atoms with E-state index in [1.165, 1.54) is 17.5 Å². The van der Waals surface area contributed by atoms with Gasteiger partial charge < -0.3 is 10.6 Å². The van der Waals surface area contributed by atoms with E-state index in [2.05, 4.69) is 15.6 Å². The number of halogens is 3. The van der Waals surface area contributed by atoms with Crippen LogP contribution in [-0.4, -0.2) is 22.8 Å². The van der Waals surface area contributed by atoms with E-state index in [9.17, 15) is 22.8 Å². The Morgan fingerprint density at radius 1 is 1.11 bits per heavy atom. The molecule has 1 aromatic heterocycles. The summed E-state index contributed by atoms with van der Waals surface area (Å²) < 4.78 is 37.6. The van der Waals surface area contributed by atoms with E-state index in [-0.39, 0.29) is 29.2 Å². The third-order valence-electron chi connectivity index (χ3n) is 4.36. The lowest BCUT2D eigenvalue weighted by Crippen LogP contribution is -2.32. The van der Waals surface area contributed by atoms with Crippen LogP contribution < -0.4 is 10.6 Å². The van der Waals surface area contributed by atoms with Crippen LogP contribution in [0.3, 0.4) is 0 Å². The molecule has 1 heterocycles. The maximum Gasteiger partial charge on any atom is 0.416 e. The van der Waals surface area contributed by atoms with Crippen LogP contribution in [0.4, 0.5) is 13.2 Å². The zero-order chi connectivity index (χ0) is 19.4. The minimum Gasteiger partial charge on any atom is -0.347 e. The second kappa shape index (κ2) is 8.08. The fourth-order valence-corrected chi connectivity index (χ4v) is 3.58. The van der Waals surface area contributed by atoms with Gasteiger partial charge in [0, 0.05) is 18.0 Å². The molecule has 0 spiro atoms. The van der Waals surface area contributed by atoms with E-state index in [0.29, 0.717) is 5.56 Å². The first kappa shape index (κ1) is 19.3. The number of carbonyl (C=O) groups excluding carboxylic acids is 2. The summed E-state index contributed by atoms with van der Waals surface area (Å²) in [5.74, 6) is -0.764. The number of nitrogens with one attached hydrogen (secondary N) is 2. The number of alkyl halides is 3. The van der Waals surface area contributed by atoms with Gasteiger partial charge in [0.15, 0.2) is 5.01 Å². The Morgan fingerprint density at radius 2 is 1.78 bits per heavy atom. The molecule has 0 unspecified atom stereocenters. The molecule has 2 N–H and O–H groups in total. The Bertz CT molecular complexity index is 812. The summed E-state index contributed by atoms with van der Waals surface area (Å²) in [5, 5.41) is 7.21. The molecule has 1 fully saturated rings. The molecule has 2 amide bonds. The molecule has 0 atom stereocenters. The summed E-state index contributed by atoms with van der Waals surface area (Å²) in [7, 11) is 0. The highest BCUT2D eigenvalue weighted by Crippen LogP contribution is 2.29. The molecule has 3 rings (SSSR count). The maximum atomic E-state index is 12.5. The van der Waals surface area contributed by atoms with Gasteiger partial charge in [-0.15, -0.1) is 11.3 Å². The normalized spacial score (nSPS) is 14.9. The molecular formula is C18H18F3N3O2S. The van der Waals surface area contributed by atoms with Crippen LogP contribution in [0.25, 0.3) is 0 Å². The summed E-state index contributed by atoms with van der Waals surface area (Å²) >= 11 is 1.09. The zero-order valence-electron chi connectivity index (χ0n) is 14.3. The van der Waals surface area contributed by atoms with Crippen molar-refractivity contribution in [3.63, 3.8) is 0 Å². The molecule has 0 aliphatic heterocycles. The predicted octanol–water partition coefficient (Wildman–Crippen LogP) is 3.76. The van der Waals surface area contributed by atoms with E-state index in [4.69, 9.17) is 0 Å². The number of rotatable bonds is 5. The summed E-state index contributed by atoms with van der Waals surface area (Å²) in [4.78, 5) is 28.3. The van der Waals surface area contributed by atoms with Gasteiger partial charge in [-0.25, -0.2) is 4.98 Å². The fourth-order valence-electron chi connectivity index (χ4n) is 2.88. The van der Waals surface area contributed by atoms with Gasteiger partial charge >= 0.3 is 6.18 Å². The van der Waals surface area contributed by atoms with Crippen molar-refractivity contribution in [1.29, 1.82) is 0 Å².